The van der Waals surface area contributed by atoms with Gasteiger partial charge in [0.25, 0.3) is 0 Å². The van der Waals surface area contributed by atoms with E-state index in [-0.39, 0.29) is 17.4 Å². The van der Waals surface area contributed by atoms with Crippen LogP contribution in [-0.4, -0.2) is 34.6 Å². The average Bonchev–Trinajstić information content (AvgIpc) is 2.67. The number of allylic oxidation sites excluding steroid dienone is 1. The minimum Gasteiger partial charge on any atom is -0.456 e. The summed E-state index contributed by atoms with van der Waals surface area (Å²) in [5, 5.41) is 0. The number of hydrogen-bond donors (Lipinski definition) is 0. The van der Waals surface area contributed by atoms with Crippen LogP contribution in [0.4, 0.5) is 13.2 Å². The number of hydrogen-bond acceptors (Lipinski definition) is 4. The van der Waals surface area contributed by atoms with E-state index < -0.39 is 11.9 Å². The number of ether oxygens (including phenoxy) is 1. The lowest BCUT2D eigenvalue weighted by Crippen LogP contribution is -2.35. The van der Waals surface area contributed by atoms with Crippen LogP contribution in [0, 0.1) is 0 Å². The number of amides is 1. The molecule has 0 atom stereocenters. The highest BCUT2D eigenvalue weighted by molar-refractivity contribution is 5.92. The first-order valence-electron chi connectivity index (χ1n) is 9.24. The van der Waals surface area contributed by atoms with E-state index >= 15 is 0 Å². The molecule has 1 aromatic heterocycles. The molecule has 8 heteroatoms. The van der Waals surface area contributed by atoms with Crippen molar-refractivity contribution in [1.29, 1.82) is 0 Å². The van der Waals surface area contributed by atoms with Crippen molar-refractivity contribution in [2.24, 2.45) is 4.99 Å². The number of carbonyl (C=O) groups is 1. The summed E-state index contributed by atoms with van der Waals surface area (Å²) in [5.41, 5.74) is 1.78. The fourth-order valence-electron chi connectivity index (χ4n) is 2.70. The number of alkyl halides is 3. The van der Waals surface area contributed by atoms with E-state index in [4.69, 9.17) is 4.74 Å². The van der Waals surface area contributed by atoms with Gasteiger partial charge in [0.1, 0.15) is 17.2 Å². The number of pyridine rings is 1. The minimum absolute atomic E-state index is 0.107. The fraction of sp³-hybridized carbons (Fsp3) is 0.318. The normalized spacial score (nSPS) is 14.7. The van der Waals surface area contributed by atoms with Gasteiger partial charge in [-0.15, -0.1) is 0 Å². The second-order valence-electron chi connectivity index (χ2n) is 7.03. The summed E-state index contributed by atoms with van der Waals surface area (Å²) in [6.45, 7) is 13.8. The number of rotatable bonds is 6. The van der Waals surface area contributed by atoms with Gasteiger partial charge in [0, 0.05) is 36.1 Å². The van der Waals surface area contributed by atoms with Crippen LogP contribution in [0.5, 0.6) is 5.75 Å². The zero-order valence-corrected chi connectivity index (χ0v) is 17.2. The van der Waals surface area contributed by atoms with Crippen LogP contribution in [0.15, 0.2) is 71.2 Å². The van der Waals surface area contributed by atoms with Crippen molar-refractivity contribution in [3.63, 3.8) is 0 Å². The van der Waals surface area contributed by atoms with Crippen molar-refractivity contribution >= 4 is 11.6 Å². The van der Waals surface area contributed by atoms with Crippen LogP contribution in [0.25, 0.3) is 0 Å². The SMILES string of the molecule is C=C(C)C(=O)N1CC=C(/C(=C/N=C(C)C)C(=C)Oc2ccc(C(F)(F)F)nc2)CC1. The smallest absolute Gasteiger partial charge is 0.433 e. The van der Waals surface area contributed by atoms with Gasteiger partial charge in [0.2, 0.25) is 5.91 Å². The van der Waals surface area contributed by atoms with Crippen LogP contribution in [0.1, 0.15) is 32.9 Å². The van der Waals surface area contributed by atoms with Gasteiger partial charge < -0.3 is 9.64 Å². The molecule has 1 amide bonds. The average molecular weight is 419 g/mol. The third kappa shape index (κ3) is 6.17. The highest BCUT2D eigenvalue weighted by Crippen LogP contribution is 2.30. The molecule has 1 aromatic rings. The van der Waals surface area contributed by atoms with Gasteiger partial charge in [-0.05, 0) is 44.9 Å². The molecule has 0 fully saturated rings. The van der Waals surface area contributed by atoms with E-state index in [9.17, 15) is 18.0 Å². The zero-order valence-electron chi connectivity index (χ0n) is 17.2. The molecule has 1 aliphatic heterocycles. The molecule has 160 valence electrons. The molecule has 0 N–H and O–H groups in total. The Kier molecular flexibility index (Phi) is 7.37. The summed E-state index contributed by atoms with van der Waals surface area (Å²) in [4.78, 5) is 21.5. The first-order valence-corrected chi connectivity index (χ1v) is 9.24. The lowest BCUT2D eigenvalue weighted by molar-refractivity contribution is -0.141. The number of aromatic nitrogens is 1. The van der Waals surface area contributed by atoms with Crippen molar-refractivity contribution in [2.45, 2.75) is 33.4 Å². The van der Waals surface area contributed by atoms with Gasteiger partial charge in [-0.3, -0.25) is 9.79 Å². The highest BCUT2D eigenvalue weighted by atomic mass is 19.4. The Hall–Kier alpha value is -3.16. The lowest BCUT2D eigenvalue weighted by atomic mass is 9.98. The standard InChI is InChI=1S/C22H24F3N3O2/c1-14(2)21(29)28-10-8-17(9-11-28)19(13-26-15(3)4)16(5)30-18-6-7-20(27-12-18)22(23,24)25/h6-8,12-13H,1,5,9-11H2,2-4H3/b19-13+. The predicted molar refractivity (Wildman–Crippen MR) is 110 cm³/mol. The van der Waals surface area contributed by atoms with Crippen molar-refractivity contribution < 1.29 is 22.7 Å². The first kappa shape index (κ1) is 23.1. The maximum absolute atomic E-state index is 12.7. The van der Waals surface area contributed by atoms with E-state index in [2.05, 4.69) is 23.1 Å². The molecule has 0 bridgehead atoms. The summed E-state index contributed by atoms with van der Waals surface area (Å²) in [5.74, 6) is 0.253. The monoisotopic (exact) mass is 419 g/mol. The molecular weight excluding hydrogens is 395 g/mol. The molecule has 30 heavy (non-hydrogen) atoms. The maximum Gasteiger partial charge on any atom is 0.433 e. The molecule has 5 nitrogen and oxygen atoms in total. The maximum atomic E-state index is 12.7. The molecule has 0 aliphatic carbocycles. The van der Waals surface area contributed by atoms with E-state index in [0.29, 0.717) is 30.7 Å². The van der Waals surface area contributed by atoms with E-state index in [1.165, 1.54) is 6.07 Å². The number of nitrogens with zero attached hydrogens (tertiary/aromatic N) is 3. The molecule has 0 saturated carbocycles. The summed E-state index contributed by atoms with van der Waals surface area (Å²) in [7, 11) is 0. The largest absolute Gasteiger partial charge is 0.456 e. The summed E-state index contributed by atoms with van der Waals surface area (Å²) >= 11 is 0. The Morgan fingerprint density at radius 3 is 2.43 bits per heavy atom. The molecule has 2 heterocycles. The molecule has 0 unspecified atom stereocenters. The zero-order chi connectivity index (χ0) is 22.5. The van der Waals surface area contributed by atoms with Crippen LogP contribution in [0.3, 0.4) is 0 Å². The van der Waals surface area contributed by atoms with Gasteiger partial charge in [0.05, 0.1) is 6.20 Å². The van der Waals surface area contributed by atoms with Crippen LogP contribution in [-0.2, 0) is 11.0 Å². The number of aliphatic imine (C=N–C) groups is 1. The second-order valence-corrected chi connectivity index (χ2v) is 7.03. The lowest BCUT2D eigenvalue weighted by Gasteiger charge is -2.27. The molecule has 2 rings (SSSR count). The number of halogens is 3. The second kappa shape index (κ2) is 9.56. The van der Waals surface area contributed by atoms with Gasteiger partial charge in [-0.2, -0.15) is 13.2 Å². The Labute approximate surface area is 174 Å². The molecule has 0 saturated heterocycles. The summed E-state index contributed by atoms with van der Waals surface area (Å²) in [6.07, 6.45) is 0.528. The Morgan fingerprint density at radius 2 is 1.97 bits per heavy atom. The van der Waals surface area contributed by atoms with E-state index in [1.54, 1.807) is 18.0 Å². The molecular formula is C22H24F3N3O2. The molecule has 0 aromatic carbocycles. The van der Waals surface area contributed by atoms with Crippen molar-refractivity contribution in [1.82, 2.24) is 9.88 Å². The minimum atomic E-state index is -4.52. The fourth-order valence-corrected chi connectivity index (χ4v) is 2.70. The summed E-state index contributed by atoms with van der Waals surface area (Å²) < 4.78 is 43.7. The topological polar surface area (TPSA) is 54.8 Å². The van der Waals surface area contributed by atoms with Crippen LogP contribution >= 0.6 is 0 Å². The third-order valence-corrected chi connectivity index (χ3v) is 4.23. The Balaban J connectivity index is 2.22. The molecule has 0 radical (unpaired) electrons. The third-order valence-electron chi connectivity index (χ3n) is 4.23. The first-order chi connectivity index (χ1) is 14.0. The quantitative estimate of drug-likeness (QED) is 0.279. The van der Waals surface area contributed by atoms with Gasteiger partial charge in [0.15, 0.2) is 0 Å². The Bertz CT molecular complexity index is 922. The summed E-state index contributed by atoms with van der Waals surface area (Å²) in [6, 6.07) is 2.04. The molecule has 1 aliphatic rings. The predicted octanol–water partition coefficient (Wildman–Crippen LogP) is 5.09. The molecule has 0 spiro atoms. The number of carbonyl (C=O) groups excluding carboxylic acids is 1. The van der Waals surface area contributed by atoms with Gasteiger partial charge in [-0.25, -0.2) is 4.98 Å². The van der Waals surface area contributed by atoms with Crippen LogP contribution < -0.4 is 4.74 Å². The van der Waals surface area contributed by atoms with Crippen molar-refractivity contribution in [3.8, 4) is 5.75 Å². The van der Waals surface area contributed by atoms with Gasteiger partial charge in [-0.1, -0.05) is 19.2 Å². The van der Waals surface area contributed by atoms with Gasteiger partial charge >= 0.3 is 6.18 Å². The Morgan fingerprint density at radius 1 is 1.27 bits per heavy atom. The highest BCUT2D eigenvalue weighted by Gasteiger charge is 2.32. The van der Waals surface area contributed by atoms with Crippen molar-refractivity contribution in [2.75, 3.05) is 13.1 Å². The van der Waals surface area contributed by atoms with Crippen molar-refractivity contribution in [3.05, 3.63) is 71.9 Å². The van der Waals surface area contributed by atoms with E-state index in [1.807, 2.05) is 19.9 Å². The van der Waals surface area contributed by atoms with E-state index in [0.717, 1.165) is 23.5 Å². The van der Waals surface area contributed by atoms with Crippen LogP contribution in [0.2, 0.25) is 0 Å².